The van der Waals surface area contributed by atoms with E-state index in [0.717, 1.165) is 16.2 Å². The lowest BCUT2D eigenvalue weighted by atomic mass is 10.1. The summed E-state index contributed by atoms with van der Waals surface area (Å²) < 4.78 is 1.99. The normalized spacial score (nSPS) is 13.9. The Balaban J connectivity index is 1.26. The first kappa shape index (κ1) is 22.0. The number of aromatic nitrogens is 2. The summed E-state index contributed by atoms with van der Waals surface area (Å²) in [4.78, 5) is 33.8. The third-order valence-electron chi connectivity index (χ3n) is 5.89. The number of carbonyl (C=O) groups excluding carboxylic acids is 1. The van der Waals surface area contributed by atoms with E-state index in [4.69, 9.17) is 0 Å². The minimum absolute atomic E-state index is 0.0136. The van der Waals surface area contributed by atoms with Crippen LogP contribution >= 0.6 is 11.8 Å². The van der Waals surface area contributed by atoms with Gasteiger partial charge < -0.3 is 14.2 Å². The Kier molecular flexibility index (Phi) is 6.18. The van der Waals surface area contributed by atoms with Crippen LogP contribution in [0.15, 0.2) is 84.0 Å². The third kappa shape index (κ3) is 4.47. The number of nitrogens with zero attached hydrogens (tertiary/aromatic N) is 5. The number of para-hydroxylation sites is 2. The minimum atomic E-state index is -0.358. The van der Waals surface area contributed by atoms with Crippen molar-refractivity contribution in [1.29, 1.82) is 0 Å². The van der Waals surface area contributed by atoms with Crippen molar-refractivity contribution < 1.29 is 9.72 Å². The highest BCUT2D eigenvalue weighted by atomic mass is 32.2. The molecule has 0 N–H and O–H groups in total. The molecule has 1 saturated heterocycles. The lowest BCUT2D eigenvalue weighted by Crippen LogP contribution is -2.49. The van der Waals surface area contributed by atoms with E-state index in [9.17, 15) is 14.9 Å². The molecule has 0 spiro atoms. The van der Waals surface area contributed by atoms with Crippen LogP contribution in [0.4, 0.5) is 11.4 Å². The Morgan fingerprint density at radius 2 is 1.71 bits per heavy atom. The fourth-order valence-electron chi connectivity index (χ4n) is 4.18. The number of nitro groups is 1. The van der Waals surface area contributed by atoms with Gasteiger partial charge in [-0.3, -0.25) is 14.9 Å². The van der Waals surface area contributed by atoms with E-state index in [2.05, 4.69) is 4.98 Å². The number of imidazole rings is 1. The number of pyridine rings is 1. The molecule has 2 aromatic carbocycles. The molecule has 0 radical (unpaired) electrons. The molecule has 0 bridgehead atoms. The molecule has 1 aliphatic heterocycles. The number of thioether (sulfide) groups is 1. The molecule has 0 atom stereocenters. The van der Waals surface area contributed by atoms with Gasteiger partial charge in [-0.15, -0.1) is 11.8 Å². The van der Waals surface area contributed by atoms with Crippen molar-refractivity contribution in [3.8, 4) is 0 Å². The molecule has 4 aromatic rings. The summed E-state index contributed by atoms with van der Waals surface area (Å²) in [6.45, 7) is 2.12. The molecule has 0 unspecified atom stereocenters. The number of hydrogen-bond acceptors (Lipinski definition) is 6. The van der Waals surface area contributed by atoms with Crippen molar-refractivity contribution in [2.24, 2.45) is 0 Å². The van der Waals surface area contributed by atoms with Crippen LogP contribution in [0.5, 0.6) is 0 Å². The zero-order valence-corrected chi connectivity index (χ0v) is 19.2. The van der Waals surface area contributed by atoms with Crippen molar-refractivity contribution in [3.05, 3.63) is 100 Å². The van der Waals surface area contributed by atoms with Crippen molar-refractivity contribution in [3.63, 3.8) is 0 Å². The van der Waals surface area contributed by atoms with Crippen LogP contribution in [-0.4, -0.2) is 51.3 Å². The maximum atomic E-state index is 13.4. The lowest BCUT2D eigenvalue weighted by molar-refractivity contribution is -0.384. The summed E-state index contributed by atoms with van der Waals surface area (Å²) in [6.07, 6.45) is 3.98. The zero-order chi connectivity index (χ0) is 23.5. The first-order valence-electron chi connectivity index (χ1n) is 11.0. The van der Waals surface area contributed by atoms with Crippen molar-refractivity contribution in [1.82, 2.24) is 14.3 Å². The van der Waals surface area contributed by atoms with Gasteiger partial charge in [-0.05, 0) is 30.3 Å². The van der Waals surface area contributed by atoms with Gasteiger partial charge in [0.05, 0.1) is 16.2 Å². The third-order valence-corrected chi connectivity index (χ3v) is 7.00. The zero-order valence-electron chi connectivity index (χ0n) is 18.4. The van der Waals surface area contributed by atoms with E-state index < -0.39 is 0 Å². The molecule has 8 nitrogen and oxygen atoms in total. The van der Waals surface area contributed by atoms with Gasteiger partial charge in [0.15, 0.2) is 0 Å². The average molecular weight is 474 g/mol. The standard InChI is InChI=1S/C25H23N5O3S/c31-25(28-15-13-27(14-16-28)21-8-2-3-9-22(21)30(32)33)20-7-1-4-10-23(20)34-18-19-17-29-12-6-5-11-24(29)26-19/h1-12,17H,13-16,18H2. The molecule has 9 heteroatoms. The van der Waals surface area contributed by atoms with Gasteiger partial charge in [0.2, 0.25) is 0 Å². The Morgan fingerprint density at radius 3 is 2.50 bits per heavy atom. The molecule has 1 aliphatic rings. The van der Waals surface area contributed by atoms with Crippen molar-refractivity contribution >= 4 is 34.7 Å². The summed E-state index contributed by atoms with van der Waals surface area (Å²) in [7, 11) is 0. The minimum Gasteiger partial charge on any atom is -0.362 e. The fraction of sp³-hybridized carbons (Fsp3) is 0.200. The number of carbonyl (C=O) groups is 1. The van der Waals surface area contributed by atoms with Crippen LogP contribution < -0.4 is 4.90 Å². The number of benzene rings is 2. The second-order valence-corrected chi connectivity index (χ2v) is 9.03. The molecular weight excluding hydrogens is 450 g/mol. The summed E-state index contributed by atoms with van der Waals surface area (Å²) in [6, 6.07) is 20.3. The first-order chi connectivity index (χ1) is 16.6. The van der Waals surface area contributed by atoms with Gasteiger partial charge >= 0.3 is 0 Å². The monoisotopic (exact) mass is 473 g/mol. The van der Waals surface area contributed by atoms with Gasteiger partial charge in [0.1, 0.15) is 11.3 Å². The van der Waals surface area contributed by atoms with E-state index in [-0.39, 0.29) is 16.5 Å². The highest BCUT2D eigenvalue weighted by molar-refractivity contribution is 7.98. The number of piperazine rings is 1. The van der Waals surface area contributed by atoms with E-state index in [0.29, 0.717) is 43.2 Å². The second-order valence-electron chi connectivity index (χ2n) is 8.01. The molecule has 0 aliphatic carbocycles. The molecule has 172 valence electrons. The topological polar surface area (TPSA) is 84.0 Å². The van der Waals surface area contributed by atoms with Gasteiger partial charge in [0.25, 0.3) is 11.6 Å². The number of anilines is 1. The Hall–Kier alpha value is -3.85. The largest absolute Gasteiger partial charge is 0.362 e. The predicted octanol–water partition coefficient (Wildman–Crippen LogP) is 4.50. The van der Waals surface area contributed by atoms with Crippen LogP contribution in [0, 0.1) is 10.1 Å². The fourth-order valence-corrected chi connectivity index (χ4v) is 5.11. The number of hydrogen-bond donors (Lipinski definition) is 0. The van der Waals surface area contributed by atoms with Gasteiger partial charge in [-0.1, -0.05) is 30.3 Å². The van der Waals surface area contributed by atoms with Crippen LogP contribution in [-0.2, 0) is 5.75 Å². The van der Waals surface area contributed by atoms with E-state index >= 15 is 0 Å². The number of rotatable bonds is 6. The Labute approximate surface area is 201 Å². The summed E-state index contributed by atoms with van der Waals surface area (Å²) in [5.41, 5.74) is 3.23. The van der Waals surface area contributed by atoms with E-state index in [1.54, 1.807) is 30.0 Å². The molecule has 3 heterocycles. The van der Waals surface area contributed by atoms with E-state index in [1.165, 1.54) is 6.07 Å². The molecule has 34 heavy (non-hydrogen) atoms. The maximum absolute atomic E-state index is 13.4. The molecule has 1 fully saturated rings. The van der Waals surface area contributed by atoms with Crippen LogP contribution in [0.2, 0.25) is 0 Å². The number of amides is 1. The Morgan fingerprint density at radius 1 is 0.971 bits per heavy atom. The van der Waals surface area contributed by atoms with Crippen molar-refractivity contribution in [2.45, 2.75) is 10.6 Å². The highest BCUT2D eigenvalue weighted by Crippen LogP contribution is 2.30. The Bertz CT molecular complexity index is 1310. The lowest BCUT2D eigenvalue weighted by Gasteiger charge is -2.36. The van der Waals surface area contributed by atoms with Crippen LogP contribution in [0.25, 0.3) is 5.65 Å². The van der Waals surface area contributed by atoms with Gasteiger partial charge in [-0.2, -0.15) is 0 Å². The molecule has 1 amide bonds. The maximum Gasteiger partial charge on any atom is 0.292 e. The van der Waals surface area contributed by atoms with Crippen molar-refractivity contribution in [2.75, 3.05) is 31.1 Å². The quantitative estimate of drug-likeness (QED) is 0.233. The predicted molar refractivity (Wildman–Crippen MR) is 132 cm³/mol. The molecular formula is C25H23N5O3S. The number of fused-ring (bicyclic) bond motifs is 1. The number of nitro benzene ring substituents is 1. The summed E-state index contributed by atoms with van der Waals surface area (Å²) in [5, 5.41) is 11.4. The molecule has 2 aromatic heterocycles. The van der Waals surface area contributed by atoms with E-state index in [1.807, 2.05) is 69.1 Å². The SMILES string of the molecule is O=C(c1ccccc1SCc1cn2ccccc2n1)N1CCN(c2ccccc2[N+](=O)[O-])CC1. The highest BCUT2D eigenvalue weighted by Gasteiger charge is 2.27. The molecule has 5 rings (SSSR count). The summed E-state index contributed by atoms with van der Waals surface area (Å²) in [5.74, 6) is 0.651. The van der Waals surface area contributed by atoms with Crippen LogP contribution in [0.1, 0.15) is 16.1 Å². The molecule has 0 saturated carbocycles. The van der Waals surface area contributed by atoms with Gasteiger partial charge in [0, 0.05) is 55.3 Å². The first-order valence-corrected chi connectivity index (χ1v) is 12.0. The van der Waals surface area contributed by atoms with Crippen LogP contribution in [0.3, 0.4) is 0 Å². The van der Waals surface area contributed by atoms with Gasteiger partial charge in [-0.25, -0.2) is 4.98 Å². The second kappa shape index (κ2) is 9.56. The average Bonchev–Trinajstić information content (AvgIpc) is 3.30. The summed E-state index contributed by atoms with van der Waals surface area (Å²) >= 11 is 1.60. The smallest absolute Gasteiger partial charge is 0.292 e.